The number of nitrogens with zero attached hydrogens (tertiary/aromatic N) is 1. The second kappa shape index (κ2) is 10.1. The van der Waals surface area contributed by atoms with Crippen molar-refractivity contribution < 1.29 is 9.90 Å². The molecule has 1 heterocycles. The Morgan fingerprint density at radius 2 is 1.77 bits per heavy atom. The largest absolute Gasteiger partial charge is 0.508 e. The molecule has 5 nitrogen and oxygen atoms in total. The zero-order chi connectivity index (χ0) is 21.5. The van der Waals surface area contributed by atoms with Crippen LogP contribution in [0.1, 0.15) is 42.5 Å². The Morgan fingerprint density at radius 3 is 2.65 bits per heavy atom. The van der Waals surface area contributed by atoms with Gasteiger partial charge in [0.1, 0.15) is 5.75 Å². The quantitative estimate of drug-likeness (QED) is 0.363. The number of aryl methyl sites for hydroxylation is 1. The summed E-state index contributed by atoms with van der Waals surface area (Å²) in [5, 5.41) is 17.1. The highest BCUT2D eigenvalue weighted by Gasteiger charge is 2.17. The van der Waals surface area contributed by atoms with Crippen LogP contribution in [0.25, 0.3) is 17.0 Å². The summed E-state index contributed by atoms with van der Waals surface area (Å²) in [6.45, 7) is 1.52. The number of unbranched alkanes of at least 4 members (excludes halogenated alkanes) is 1. The van der Waals surface area contributed by atoms with Crippen molar-refractivity contribution in [1.82, 2.24) is 10.3 Å². The van der Waals surface area contributed by atoms with Crippen molar-refractivity contribution in [3.05, 3.63) is 71.4 Å². The third-order valence-electron chi connectivity index (χ3n) is 5.69. The summed E-state index contributed by atoms with van der Waals surface area (Å²) < 4.78 is 0. The second-order valence-electron chi connectivity index (χ2n) is 7.99. The predicted molar refractivity (Wildman–Crippen MR) is 126 cm³/mol. The Balaban J connectivity index is 1.25. The van der Waals surface area contributed by atoms with Crippen LogP contribution in [0, 0.1) is 0 Å². The van der Waals surface area contributed by atoms with Gasteiger partial charge in [-0.05, 0) is 73.9 Å². The number of aromatic hydroxyl groups is 1. The summed E-state index contributed by atoms with van der Waals surface area (Å²) in [5.41, 5.74) is 5.84. The number of anilines is 1. The van der Waals surface area contributed by atoms with Gasteiger partial charge in [-0.15, -0.1) is 0 Å². The Hall–Kier alpha value is -3.34. The highest BCUT2D eigenvalue weighted by molar-refractivity contribution is 5.93. The highest BCUT2D eigenvalue weighted by Crippen LogP contribution is 2.33. The van der Waals surface area contributed by atoms with Crippen LogP contribution in [0.4, 0.5) is 5.69 Å². The number of fused-ring (bicyclic) bond motifs is 2. The van der Waals surface area contributed by atoms with E-state index in [0.29, 0.717) is 6.54 Å². The number of carbonyl (C=O) groups is 1. The lowest BCUT2D eigenvalue weighted by Gasteiger charge is -2.21. The van der Waals surface area contributed by atoms with Gasteiger partial charge in [0, 0.05) is 35.9 Å². The van der Waals surface area contributed by atoms with Crippen LogP contribution in [0.15, 0.2) is 54.6 Å². The van der Waals surface area contributed by atoms with Gasteiger partial charge in [0.15, 0.2) is 0 Å². The second-order valence-corrected chi connectivity index (χ2v) is 7.99. The predicted octanol–water partition coefficient (Wildman–Crippen LogP) is 4.84. The first kappa shape index (κ1) is 20.9. The average Bonchev–Trinajstić information content (AvgIpc) is 2.80. The summed E-state index contributed by atoms with van der Waals surface area (Å²) in [6, 6.07) is 15.1. The van der Waals surface area contributed by atoms with Gasteiger partial charge in [0.05, 0.1) is 5.52 Å². The fourth-order valence-corrected chi connectivity index (χ4v) is 4.07. The molecule has 0 saturated carbocycles. The molecule has 3 aromatic rings. The Kier molecular flexibility index (Phi) is 6.82. The molecule has 160 valence electrons. The van der Waals surface area contributed by atoms with Crippen LogP contribution in [-0.2, 0) is 17.6 Å². The van der Waals surface area contributed by atoms with E-state index in [2.05, 4.69) is 28.8 Å². The maximum atomic E-state index is 12.0. The maximum absolute atomic E-state index is 12.0. The number of hydrogen-bond acceptors (Lipinski definition) is 4. The summed E-state index contributed by atoms with van der Waals surface area (Å²) in [4.78, 5) is 16.9. The van der Waals surface area contributed by atoms with Crippen LogP contribution in [0.3, 0.4) is 0 Å². The third-order valence-corrected chi connectivity index (χ3v) is 5.69. The van der Waals surface area contributed by atoms with Crippen molar-refractivity contribution in [3.63, 3.8) is 0 Å². The summed E-state index contributed by atoms with van der Waals surface area (Å²) >= 11 is 0. The van der Waals surface area contributed by atoms with Gasteiger partial charge in [0.25, 0.3) is 0 Å². The molecule has 3 N–H and O–H groups in total. The molecule has 0 fully saturated rings. The number of amides is 1. The number of nitrogens with one attached hydrogen (secondary N) is 2. The normalized spacial score (nSPS) is 13.3. The first-order valence-electron chi connectivity index (χ1n) is 11.1. The lowest BCUT2D eigenvalue weighted by Crippen LogP contribution is -2.22. The fourth-order valence-electron chi connectivity index (χ4n) is 4.07. The Morgan fingerprint density at radius 1 is 1.00 bits per heavy atom. The van der Waals surface area contributed by atoms with Crippen LogP contribution in [0.5, 0.6) is 5.75 Å². The number of hydrogen-bond donors (Lipinski definition) is 3. The SMILES string of the molecule is O=C(/C=C/c1ccc(O)cc1)NCCCCNc1c2c(nc3ccccc13)CCCC2. The van der Waals surface area contributed by atoms with Crippen molar-refractivity contribution in [2.45, 2.75) is 38.5 Å². The summed E-state index contributed by atoms with van der Waals surface area (Å²) in [7, 11) is 0. The number of para-hydroxylation sites is 1. The van der Waals surface area contributed by atoms with Crippen molar-refractivity contribution in [2.24, 2.45) is 0 Å². The molecular weight excluding hydrogens is 386 g/mol. The van der Waals surface area contributed by atoms with Gasteiger partial charge < -0.3 is 15.7 Å². The molecule has 1 aromatic heterocycles. The minimum atomic E-state index is -0.102. The highest BCUT2D eigenvalue weighted by atomic mass is 16.3. The van der Waals surface area contributed by atoms with E-state index in [0.717, 1.165) is 43.3 Å². The average molecular weight is 416 g/mol. The van der Waals surface area contributed by atoms with Gasteiger partial charge in [-0.3, -0.25) is 9.78 Å². The standard InChI is InChI=1S/C26H29N3O2/c30-20-14-11-19(12-15-20)13-16-25(31)27-17-5-6-18-28-26-21-7-1-3-9-23(21)29-24-10-4-2-8-22(24)26/h1,3,7,9,11-16,30H,2,4-6,8,10,17-18H2,(H,27,31)(H,28,29)/b16-13+. The molecule has 1 aliphatic rings. The van der Waals surface area contributed by atoms with Crippen molar-refractivity contribution in [1.29, 1.82) is 0 Å². The van der Waals surface area contributed by atoms with E-state index < -0.39 is 0 Å². The van der Waals surface area contributed by atoms with Crippen molar-refractivity contribution >= 4 is 28.6 Å². The maximum Gasteiger partial charge on any atom is 0.243 e. The lowest BCUT2D eigenvalue weighted by molar-refractivity contribution is -0.116. The lowest BCUT2D eigenvalue weighted by atomic mass is 9.92. The van der Waals surface area contributed by atoms with E-state index in [4.69, 9.17) is 4.98 Å². The molecule has 0 radical (unpaired) electrons. The first-order valence-corrected chi connectivity index (χ1v) is 11.1. The van der Waals surface area contributed by atoms with Crippen LogP contribution in [0.2, 0.25) is 0 Å². The van der Waals surface area contributed by atoms with E-state index in [1.165, 1.54) is 41.2 Å². The number of phenols is 1. The zero-order valence-electron chi connectivity index (χ0n) is 17.7. The molecule has 0 unspecified atom stereocenters. The smallest absolute Gasteiger partial charge is 0.243 e. The number of pyridine rings is 1. The van der Waals surface area contributed by atoms with E-state index >= 15 is 0 Å². The van der Waals surface area contributed by atoms with Crippen LogP contribution in [-0.4, -0.2) is 29.1 Å². The molecule has 1 aliphatic carbocycles. The summed E-state index contributed by atoms with van der Waals surface area (Å²) in [6.07, 6.45) is 9.78. The minimum Gasteiger partial charge on any atom is -0.508 e. The molecule has 0 saturated heterocycles. The molecule has 0 aliphatic heterocycles. The van der Waals surface area contributed by atoms with Crippen LogP contribution >= 0.6 is 0 Å². The number of phenolic OH excluding ortho intramolecular Hbond substituents is 1. The topological polar surface area (TPSA) is 74.2 Å². The van der Waals surface area contributed by atoms with Gasteiger partial charge in [0.2, 0.25) is 5.91 Å². The Bertz CT molecular complexity index is 1070. The fraction of sp³-hybridized carbons (Fsp3) is 0.308. The number of aromatic nitrogens is 1. The number of benzene rings is 2. The zero-order valence-corrected chi connectivity index (χ0v) is 17.7. The molecule has 5 heteroatoms. The van der Waals surface area contributed by atoms with E-state index in [1.807, 2.05) is 6.07 Å². The number of carbonyl (C=O) groups excluding carboxylic acids is 1. The van der Waals surface area contributed by atoms with E-state index in [9.17, 15) is 9.90 Å². The summed E-state index contributed by atoms with van der Waals surface area (Å²) in [5.74, 6) is 0.116. The Labute approximate surface area is 183 Å². The molecule has 0 bridgehead atoms. The molecule has 0 spiro atoms. The van der Waals surface area contributed by atoms with E-state index in [1.54, 1.807) is 30.3 Å². The molecule has 1 amide bonds. The number of rotatable bonds is 8. The van der Waals surface area contributed by atoms with Crippen molar-refractivity contribution in [2.75, 3.05) is 18.4 Å². The monoisotopic (exact) mass is 415 g/mol. The van der Waals surface area contributed by atoms with Gasteiger partial charge in [-0.1, -0.05) is 30.3 Å². The molecular formula is C26H29N3O2. The molecule has 0 atom stereocenters. The third kappa shape index (κ3) is 5.43. The van der Waals surface area contributed by atoms with Crippen molar-refractivity contribution in [3.8, 4) is 5.75 Å². The van der Waals surface area contributed by atoms with Gasteiger partial charge >= 0.3 is 0 Å². The van der Waals surface area contributed by atoms with E-state index in [-0.39, 0.29) is 11.7 Å². The van der Waals surface area contributed by atoms with Crippen LogP contribution < -0.4 is 10.6 Å². The first-order chi connectivity index (χ1) is 15.2. The van der Waals surface area contributed by atoms with Gasteiger partial charge in [-0.2, -0.15) is 0 Å². The molecule has 2 aromatic carbocycles. The molecule has 4 rings (SSSR count). The minimum absolute atomic E-state index is 0.102. The molecule has 31 heavy (non-hydrogen) atoms. The van der Waals surface area contributed by atoms with Gasteiger partial charge in [-0.25, -0.2) is 0 Å².